The summed E-state index contributed by atoms with van der Waals surface area (Å²) in [5, 5.41) is 4.06. The average molecular weight is 496 g/mol. The van der Waals surface area contributed by atoms with Crippen molar-refractivity contribution in [3.63, 3.8) is 0 Å². The molecule has 1 saturated heterocycles. The molecule has 0 aromatic heterocycles. The SMILES string of the molecule is CCCN1C(=O)/C(=C/c2cc(Br)c(OCc3cccc(Cl)c3)c(OC)c2)NC1=S. The number of thiocarbonyl (C=S) groups is 1. The number of carbonyl (C=O) groups excluding carboxylic acids is 1. The molecule has 0 aliphatic carbocycles. The summed E-state index contributed by atoms with van der Waals surface area (Å²) in [6.45, 7) is 2.93. The van der Waals surface area contributed by atoms with Gasteiger partial charge in [-0.2, -0.15) is 0 Å². The lowest BCUT2D eigenvalue weighted by atomic mass is 10.1. The Kier molecular flexibility index (Phi) is 7.16. The highest BCUT2D eigenvalue weighted by Crippen LogP contribution is 2.38. The van der Waals surface area contributed by atoms with Crippen LogP contribution in [0.2, 0.25) is 5.02 Å². The molecule has 0 spiro atoms. The van der Waals surface area contributed by atoms with Gasteiger partial charge in [-0.25, -0.2) is 0 Å². The zero-order chi connectivity index (χ0) is 21.0. The van der Waals surface area contributed by atoms with Crippen molar-refractivity contribution < 1.29 is 14.3 Å². The van der Waals surface area contributed by atoms with E-state index in [0.717, 1.165) is 17.5 Å². The van der Waals surface area contributed by atoms with Crippen LogP contribution in [0.3, 0.4) is 0 Å². The highest BCUT2D eigenvalue weighted by atomic mass is 79.9. The van der Waals surface area contributed by atoms with Crippen LogP contribution < -0.4 is 14.8 Å². The first-order valence-corrected chi connectivity index (χ1v) is 10.6. The van der Waals surface area contributed by atoms with Gasteiger partial charge in [0, 0.05) is 11.6 Å². The summed E-state index contributed by atoms with van der Waals surface area (Å²) in [7, 11) is 1.57. The largest absolute Gasteiger partial charge is 0.493 e. The molecule has 3 rings (SSSR count). The summed E-state index contributed by atoms with van der Waals surface area (Å²) in [5.74, 6) is 0.989. The smallest absolute Gasteiger partial charge is 0.276 e. The molecule has 0 bridgehead atoms. The highest BCUT2D eigenvalue weighted by molar-refractivity contribution is 9.10. The molecule has 29 heavy (non-hydrogen) atoms. The van der Waals surface area contributed by atoms with E-state index < -0.39 is 0 Å². The topological polar surface area (TPSA) is 50.8 Å². The number of halogens is 2. The summed E-state index contributed by atoms with van der Waals surface area (Å²) < 4.78 is 12.2. The zero-order valence-electron chi connectivity index (χ0n) is 16.0. The van der Waals surface area contributed by atoms with Crippen LogP contribution in [0.1, 0.15) is 24.5 Å². The van der Waals surface area contributed by atoms with E-state index in [-0.39, 0.29) is 5.91 Å². The van der Waals surface area contributed by atoms with Crippen molar-refractivity contribution in [3.05, 3.63) is 62.7 Å². The number of carbonyl (C=O) groups is 1. The third-order valence-electron chi connectivity index (χ3n) is 4.24. The number of amides is 1. The van der Waals surface area contributed by atoms with Crippen molar-refractivity contribution >= 4 is 56.8 Å². The lowest BCUT2D eigenvalue weighted by molar-refractivity contribution is -0.122. The molecular formula is C21H20BrClN2O3S. The molecule has 1 aliphatic heterocycles. The molecule has 0 unspecified atom stereocenters. The van der Waals surface area contributed by atoms with Crippen LogP contribution in [-0.4, -0.2) is 29.6 Å². The van der Waals surface area contributed by atoms with E-state index in [1.807, 2.05) is 43.3 Å². The summed E-state index contributed by atoms with van der Waals surface area (Å²) in [6, 6.07) is 11.2. The second kappa shape index (κ2) is 9.61. The molecule has 1 amide bonds. The van der Waals surface area contributed by atoms with Crippen molar-refractivity contribution in [2.45, 2.75) is 20.0 Å². The number of benzene rings is 2. The van der Waals surface area contributed by atoms with Crippen LogP contribution in [0.15, 0.2) is 46.6 Å². The Morgan fingerprint density at radius 3 is 2.79 bits per heavy atom. The van der Waals surface area contributed by atoms with Gasteiger partial charge in [-0.15, -0.1) is 0 Å². The second-order valence-electron chi connectivity index (χ2n) is 6.40. The predicted octanol–water partition coefficient (Wildman–Crippen LogP) is 5.16. The molecule has 8 heteroatoms. The van der Waals surface area contributed by atoms with Gasteiger partial charge in [-0.05, 0) is 76.0 Å². The maximum atomic E-state index is 12.5. The number of rotatable bonds is 7. The van der Waals surface area contributed by atoms with Crippen LogP contribution in [0.25, 0.3) is 6.08 Å². The van der Waals surface area contributed by atoms with E-state index in [4.69, 9.17) is 33.3 Å². The lowest BCUT2D eigenvalue weighted by Gasteiger charge is -2.14. The van der Waals surface area contributed by atoms with Gasteiger partial charge in [0.15, 0.2) is 16.6 Å². The molecule has 0 radical (unpaired) electrons. The van der Waals surface area contributed by atoms with E-state index >= 15 is 0 Å². The van der Waals surface area contributed by atoms with Crippen molar-refractivity contribution in [3.8, 4) is 11.5 Å². The Balaban J connectivity index is 1.83. The predicted molar refractivity (Wildman–Crippen MR) is 122 cm³/mol. The molecule has 5 nitrogen and oxygen atoms in total. The number of nitrogens with zero attached hydrogens (tertiary/aromatic N) is 1. The Labute approximate surface area is 188 Å². The van der Waals surface area contributed by atoms with E-state index in [2.05, 4.69) is 21.2 Å². The minimum Gasteiger partial charge on any atom is -0.493 e. The fraction of sp³-hybridized carbons (Fsp3) is 0.238. The maximum absolute atomic E-state index is 12.5. The first kappa shape index (κ1) is 21.6. The molecular weight excluding hydrogens is 476 g/mol. The van der Waals surface area contributed by atoms with Crippen LogP contribution >= 0.6 is 39.7 Å². The standard InChI is InChI=1S/C21H20BrClN2O3S/c1-3-7-25-20(26)17(24-21(25)29)10-14-9-16(22)19(18(11-14)27-2)28-12-13-5-4-6-15(23)8-13/h4-6,8-11H,3,7,12H2,1-2H3,(H,24,29)/b17-10-. The molecule has 152 valence electrons. The van der Waals surface area contributed by atoms with E-state index in [9.17, 15) is 4.79 Å². The molecule has 1 N–H and O–H groups in total. The van der Waals surface area contributed by atoms with Crippen molar-refractivity contribution in [2.75, 3.05) is 13.7 Å². The number of methoxy groups -OCH3 is 1. The maximum Gasteiger partial charge on any atom is 0.276 e. The molecule has 1 aliphatic rings. The number of hydrogen-bond donors (Lipinski definition) is 1. The van der Waals surface area contributed by atoms with Crippen molar-refractivity contribution in [1.29, 1.82) is 0 Å². The second-order valence-corrected chi connectivity index (χ2v) is 8.08. The fourth-order valence-electron chi connectivity index (χ4n) is 2.91. The third kappa shape index (κ3) is 5.10. The van der Waals surface area contributed by atoms with Crippen molar-refractivity contribution in [1.82, 2.24) is 10.2 Å². The fourth-order valence-corrected chi connectivity index (χ4v) is 3.98. The van der Waals surface area contributed by atoms with Crippen molar-refractivity contribution in [2.24, 2.45) is 0 Å². The summed E-state index contributed by atoms with van der Waals surface area (Å²) in [4.78, 5) is 14.1. The van der Waals surface area contributed by atoms with Gasteiger partial charge < -0.3 is 14.8 Å². The van der Waals surface area contributed by atoms with Crippen LogP contribution in [0.5, 0.6) is 11.5 Å². The Hall–Kier alpha value is -2.09. The van der Waals surface area contributed by atoms with E-state index in [0.29, 0.717) is 45.0 Å². The molecule has 1 heterocycles. The van der Waals surface area contributed by atoms with Gasteiger partial charge >= 0.3 is 0 Å². The third-order valence-corrected chi connectivity index (χ3v) is 5.39. The molecule has 2 aromatic rings. The summed E-state index contributed by atoms with van der Waals surface area (Å²) in [6.07, 6.45) is 2.58. The number of nitrogens with one attached hydrogen (secondary N) is 1. The Bertz CT molecular complexity index is 980. The quantitative estimate of drug-likeness (QED) is 0.425. The van der Waals surface area contributed by atoms with E-state index in [1.165, 1.54) is 0 Å². The minimum atomic E-state index is -0.131. The minimum absolute atomic E-state index is 0.131. The molecule has 0 saturated carbocycles. The first-order valence-electron chi connectivity index (χ1n) is 9.02. The van der Waals surface area contributed by atoms with Crippen LogP contribution in [0, 0.1) is 0 Å². The summed E-state index contributed by atoms with van der Waals surface area (Å²) >= 11 is 14.8. The molecule has 2 aromatic carbocycles. The summed E-state index contributed by atoms with van der Waals surface area (Å²) in [5.41, 5.74) is 2.16. The van der Waals surface area contributed by atoms with Gasteiger partial charge in [0.2, 0.25) is 0 Å². The van der Waals surface area contributed by atoms with Gasteiger partial charge in [0.05, 0.1) is 11.6 Å². The first-order chi connectivity index (χ1) is 13.9. The van der Waals surface area contributed by atoms with Crippen LogP contribution in [-0.2, 0) is 11.4 Å². The molecule has 1 fully saturated rings. The number of hydrogen-bond acceptors (Lipinski definition) is 4. The average Bonchev–Trinajstić information content (AvgIpc) is 2.94. The normalized spacial score (nSPS) is 15.0. The van der Waals surface area contributed by atoms with Gasteiger partial charge in [-0.1, -0.05) is 30.7 Å². The molecule has 0 atom stereocenters. The Morgan fingerprint density at radius 2 is 2.10 bits per heavy atom. The van der Waals surface area contributed by atoms with Gasteiger partial charge in [0.1, 0.15) is 12.3 Å². The van der Waals surface area contributed by atoms with Gasteiger partial charge in [0.25, 0.3) is 5.91 Å². The lowest BCUT2D eigenvalue weighted by Crippen LogP contribution is -2.31. The number of ether oxygens (including phenoxy) is 2. The monoisotopic (exact) mass is 494 g/mol. The van der Waals surface area contributed by atoms with E-state index in [1.54, 1.807) is 18.1 Å². The Morgan fingerprint density at radius 1 is 1.31 bits per heavy atom. The highest BCUT2D eigenvalue weighted by Gasteiger charge is 2.29. The van der Waals surface area contributed by atoms with Gasteiger partial charge in [-0.3, -0.25) is 9.69 Å². The zero-order valence-corrected chi connectivity index (χ0v) is 19.2. The van der Waals surface area contributed by atoms with Crippen LogP contribution in [0.4, 0.5) is 0 Å².